The second kappa shape index (κ2) is 7.96. The van der Waals surface area contributed by atoms with E-state index in [1.54, 1.807) is 30.5 Å². The van der Waals surface area contributed by atoms with Crippen molar-refractivity contribution in [2.24, 2.45) is 0 Å². The van der Waals surface area contributed by atoms with Gasteiger partial charge in [0.1, 0.15) is 12.0 Å². The molecule has 3 rings (SSSR count). The normalized spacial score (nSPS) is 11.6. The number of rotatable bonds is 8. The van der Waals surface area contributed by atoms with Gasteiger partial charge in [-0.3, -0.25) is 0 Å². The first-order chi connectivity index (χ1) is 13.0. The standard InChI is InChI=1S/C21H23NO4S/c1-3-16-7-10-19(11-8-16)27(24,25)22-15-17(6-5-13-23)20-14-18(26-4-2)9-12-21(20)22/h7-15H,3-6H2,1-2H3. The zero-order chi connectivity index (χ0) is 19.4. The Bertz CT molecular complexity index is 1050. The second-order valence-electron chi connectivity index (χ2n) is 6.27. The molecule has 1 heterocycles. The lowest BCUT2D eigenvalue weighted by molar-refractivity contribution is -0.107. The van der Waals surface area contributed by atoms with E-state index < -0.39 is 10.0 Å². The smallest absolute Gasteiger partial charge is 0.268 e. The van der Waals surface area contributed by atoms with Gasteiger partial charge in [0, 0.05) is 18.0 Å². The SMILES string of the molecule is CCOc1ccc2c(c1)c(CCC=O)cn2S(=O)(=O)c1ccc(CC)cc1. The lowest BCUT2D eigenvalue weighted by Crippen LogP contribution is -2.12. The summed E-state index contributed by atoms with van der Waals surface area (Å²) in [7, 11) is -3.73. The minimum atomic E-state index is -3.73. The number of aldehydes is 1. The molecule has 0 atom stereocenters. The Hall–Kier alpha value is -2.60. The molecule has 0 aliphatic heterocycles. The van der Waals surface area contributed by atoms with Crippen molar-refractivity contribution in [2.75, 3.05) is 6.61 Å². The van der Waals surface area contributed by atoms with Crippen molar-refractivity contribution in [1.29, 1.82) is 0 Å². The molecule has 2 aromatic carbocycles. The van der Waals surface area contributed by atoms with E-state index in [0.29, 0.717) is 30.7 Å². The molecule has 0 bridgehead atoms. The summed E-state index contributed by atoms with van der Waals surface area (Å²) in [6, 6.07) is 12.3. The van der Waals surface area contributed by atoms with Crippen LogP contribution in [0.1, 0.15) is 31.4 Å². The van der Waals surface area contributed by atoms with Crippen LogP contribution >= 0.6 is 0 Å². The summed E-state index contributed by atoms with van der Waals surface area (Å²) in [5, 5.41) is 0.788. The Labute approximate surface area is 159 Å². The Morgan fingerprint density at radius 1 is 1.07 bits per heavy atom. The number of nitrogens with zero attached hydrogens (tertiary/aromatic N) is 1. The fraction of sp³-hybridized carbons (Fsp3) is 0.286. The Morgan fingerprint density at radius 3 is 2.44 bits per heavy atom. The maximum absolute atomic E-state index is 13.2. The van der Waals surface area contributed by atoms with Crippen molar-refractivity contribution in [3.8, 4) is 5.75 Å². The lowest BCUT2D eigenvalue weighted by atomic mass is 10.1. The summed E-state index contributed by atoms with van der Waals surface area (Å²) in [5.41, 5.74) is 2.48. The van der Waals surface area contributed by atoms with Gasteiger partial charge in [0.15, 0.2) is 0 Å². The molecule has 6 heteroatoms. The summed E-state index contributed by atoms with van der Waals surface area (Å²) in [6.07, 6.45) is 4.12. The van der Waals surface area contributed by atoms with Crippen molar-refractivity contribution in [1.82, 2.24) is 3.97 Å². The molecule has 0 amide bonds. The van der Waals surface area contributed by atoms with Crippen molar-refractivity contribution in [3.63, 3.8) is 0 Å². The molecular weight excluding hydrogens is 362 g/mol. The first-order valence-electron chi connectivity index (χ1n) is 9.06. The molecule has 5 nitrogen and oxygen atoms in total. The molecule has 0 aliphatic carbocycles. The fourth-order valence-corrected chi connectivity index (χ4v) is 4.52. The topological polar surface area (TPSA) is 65.4 Å². The van der Waals surface area contributed by atoms with Gasteiger partial charge in [-0.2, -0.15) is 0 Å². The lowest BCUT2D eigenvalue weighted by Gasteiger charge is -2.09. The van der Waals surface area contributed by atoms with Crippen molar-refractivity contribution in [2.45, 2.75) is 38.0 Å². The third-order valence-electron chi connectivity index (χ3n) is 4.56. The quantitative estimate of drug-likeness (QED) is 0.550. The van der Waals surface area contributed by atoms with Crippen LogP contribution < -0.4 is 4.74 Å². The molecule has 0 radical (unpaired) electrons. The first-order valence-corrected chi connectivity index (χ1v) is 10.5. The molecular formula is C21H23NO4S. The van der Waals surface area contributed by atoms with Gasteiger partial charge in [-0.15, -0.1) is 0 Å². The molecule has 0 aliphatic rings. The van der Waals surface area contributed by atoms with Crippen LogP contribution in [-0.2, 0) is 27.7 Å². The Balaban J connectivity index is 2.15. The highest BCUT2D eigenvalue weighted by Crippen LogP contribution is 2.30. The maximum atomic E-state index is 13.2. The van der Waals surface area contributed by atoms with Gasteiger partial charge in [0.2, 0.25) is 0 Å². The van der Waals surface area contributed by atoms with E-state index in [1.165, 1.54) is 3.97 Å². The molecule has 27 heavy (non-hydrogen) atoms. The summed E-state index contributed by atoms with van der Waals surface area (Å²) >= 11 is 0. The van der Waals surface area contributed by atoms with Crippen molar-refractivity contribution >= 4 is 27.2 Å². The molecule has 0 unspecified atom stereocenters. The Kier molecular flexibility index (Phi) is 5.65. The first kappa shape index (κ1) is 19.2. The van der Waals surface area contributed by atoms with Crippen LogP contribution in [0.5, 0.6) is 5.75 Å². The van der Waals surface area contributed by atoms with Crippen LogP contribution in [0, 0.1) is 0 Å². The number of carbonyl (C=O) groups is 1. The van der Waals surface area contributed by atoms with Crippen LogP contribution in [0.4, 0.5) is 0 Å². The Morgan fingerprint density at radius 2 is 1.81 bits per heavy atom. The van der Waals surface area contributed by atoms with Gasteiger partial charge in [-0.25, -0.2) is 12.4 Å². The van der Waals surface area contributed by atoms with E-state index in [0.717, 1.165) is 29.2 Å². The van der Waals surface area contributed by atoms with E-state index in [4.69, 9.17) is 4.74 Å². The van der Waals surface area contributed by atoms with Gasteiger partial charge in [-0.1, -0.05) is 19.1 Å². The number of fused-ring (bicyclic) bond motifs is 1. The number of hydrogen-bond acceptors (Lipinski definition) is 4. The second-order valence-corrected chi connectivity index (χ2v) is 8.08. The summed E-state index contributed by atoms with van der Waals surface area (Å²) in [6.45, 7) is 4.45. The minimum absolute atomic E-state index is 0.243. The number of aromatic nitrogens is 1. The molecule has 0 fully saturated rings. The van der Waals surface area contributed by atoms with Gasteiger partial charge < -0.3 is 9.53 Å². The monoisotopic (exact) mass is 385 g/mol. The number of benzene rings is 2. The predicted molar refractivity (Wildman–Crippen MR) is 106 cm³/mol. The van der Waals surface area contributed by atoms with Gasteiger partial charge in [0.05, 0.1) is 17.0 Å². The molecule has 0 saturated heterocycles. The maximum Gasteiger partial charge on any atom is 0.268 e. The van der Waals surface area contributed by atoms with Crippen molar-refractivity contribution in [3.05, 3.63) is 59.8 Å². The van der Waals surface area contributed by atoms with Crippen LogP contribution in [0.25, 0.3) is 10.9 Å². The number of carbonyl (C=O) groups excluding carboxylic acids is 1. The average Bonchev–Trinajstić information content (AvgIpc) is 3.05. The fourth-order valence-electron chi connectivity index (χ4n) is 3.12. The number of ether oxygens (including phenoxy) is 1. The van der Waals surface area contributed by atoms with Gasteiger partial charge >= 0.3 is 0 Å². The van der Waals surface area contributed by atoms with Gasteiger partial charge in [-0.05, 0) is 61.2 Å². The molecule has 0 spiro atoms. The van der Waals surface area contributed by atoms with E-state index in [1.807, 2.05) is 32.0 Å². The molecule has 0 saturated carbocycles. The van der Waals surface area contributed by atoms with Crippen molar-refractivity contribution < 1.29 is 17.9 Å². The van der Waals surface area contributed by atoms with Gasteiger partial charge in [0.25, 0.3) is 10.0 Å². The number of aryl methyl sites for hydroxylation is 2. The highest BCUT2D eigenvalue weighted by atomic mass is 32.2. The average molecular weight is 385 g/mol. The molecule has 0 N–H and O–H groups in total. The van der Waals surface area contributed by atoms with E-state index in [2.05, 4.69) is 0 Å². The molecule has 3 aromatic rings. The summed E-state index contributed by atoms with van der Waals surface area (Å²) in [5.74, 6) is 0.680. The third kappa shape index (κ3) is 3.76. The third-order valence-corrected chi connectivity index (χ3v) is 6.24. The highest BCUT2D eigenvalue weighted by molar-refractivity contribution is 7.90. The largest absolute Gasteiger partial charge is 0.494 e. The van der Waals surface area contributed by atoms with Crippen LogP contribution in [0.2, 0.25) is 0 Å². The van der Waals surface area contributed by atoms with Crippen LogP contribution in [0.3, 0.4) is 0 Å². The summed E-state index contributed by atoms with van der Waals surface area (Å²) in [4.78, 5) is 11.1. The predicted octanol–water partition coefficient (Wildman–Crippen LogP) is 3.97. The molecule has 1 aromatic heterocycles. The van der Waals surface area contributed by atoms with Crippen LogP contribution in [0.15, 0.2) is 53.6 Å². The van der Waals surface area contributed by atoms with E-state index in [9.17, 15) is 13.2 Å². The summed E-state index contributed by atoms with van der Waals surface area (Å²) < 4.78 is 33.3. The van der Waals surface area contributed by atoms with E-state index >= 15 is 0 Å². The molecule has 142 valence electrons. The van der Waals surface area contributed by atoms with Crippen LogP contribution in [-0.4, -0.2) is 25.3 Å². The minimum Gasteiger partial charge on any atom is -0.494 e. The zero-order valence-electron chi connectivity index (χ0n) is 15.5. The number of hydrogen-bond donors (Lipinski definition) is 0. The van der Waals surface area contributed by atoms with E-state index in [-0.39, 0.29) is 4.90 Å². The zero-order valence-corrected chi connectivity index (χ0v) is 16.3. The highest BCUT2D eigenvalue weighted by Gasteiger charge is 2.21.